The number of para-hydroxylation sites is 1. The Labute approximate surface area is 200 Å². The molecule has 0 bridgehead atoms. The SMILES string of the molecule is COc1cccc(CNC(=O)Cn2c(=O)cc(-c3nc(-c4ccncc4)no3)c3ccccc32)c1. The number of hydrogen-bond acceptors (Lipinski definition) is 7. The van der Waals surface area contributed by atoms with Crippen LogP contribution < -0.4 is 15.6 Å². The molecule has 0 aliphatic rings. The smallest absolute Gasteiger partial charge is 0.259 e. The first-order valence-corrected chi connectivity index (χ1v) is 10.9. The van der Waals surface area contributed by atoms with E-state index in [2.05, 4.69) is 20.4 Å². The fourth-order valence-electron chi connectivity index (χ4n) is 3.81. The first kappa shape index (κ1) is 22.0. The molecule has 174 valence electrons. The number of amides is 1. The number of hydrogen-bond donors (Lipinski definition) is 1. The van der Waals surface area contributed by atoms with Gasteiger partial charge in [0.25, 0.3) is 11.4 Å². The van der Waals surface area contributed by atoms with Crippen LogP contribution in [0.5, 0.6) is 5.75 Å². The first-order valence-electron chi connectivity index (χ1n) is 10.9. The highest BCUT2D eigenvalue weighted by atomic mass is 16.5. The molecule has 1 amide bonds. The van der Waals surface area contributed by atoms with E-state index in [0.717, 1.165) is 16.5 Å². The molecule has 0 fully saturated rings. The molecule has 0 unspecified atom stereocenters. The van der Waals surface area contributed by atoms with Gasteiger partial charge in [-0.3, -0.25) is 19.1 Å². The molecule has 0 spiro atoms. The van der Waals surface area contributed by atoms with Crippen molar-refractivity contribution in [3.63, 3.8) is 0 Å². The molecule has 9 nitrogen and oxygen atoms in total. The molecule has 3 aromatic heterocycles. The van der Waals surface area contributed by atoms with Crippen LogP contribution in [0, 0.1) is 0 Å². The summed E-state index contributed by atoms with van der Waals surface area (Å²) in [6.45, 7) is 0.191. The van der Waals surface area contributed by atoms with Crippen LogP contribution in [-0.4, -0.2) is 32.7 Å². The third-order valence-electron chi connectivity index (χ3n) is 5.54. The Balaban J connectivity index is 1.42. The number of ether oxygens (including phenoxy) is 1. The number of pyridine rings is 2. The second kappa shape index (κ2) is 9.60. The van der Waals surface area contributed by atoms with Crippen LogP contribution >= 0.6 is 0 Å². The van der Waals surface area contributed by atoms with E-state index < -0.39 is 0 Å². The Kier molecular flexibility index (Phi) is 6.04. The van der Waals surface area contributed by atoms with Crippen LogP contribution in [0.1, 0.15) is 5.56 Å². The van der Waals surface area contributed by atoms with Gasteiger partial charge in [-0.15, -0.1) is 0 Å². The van der Waals surface area contributed by atoms with Crippen molar-refractivity contribution < 1.29 is 14.1 Å². The van der Waals surface area contributed by atoms with Crippen molar-refractivity contribution in [3.8, 4) is 28.6 Å². The largest absolute Gasteiger partial charge is 0.497 e. The molecule has 0 radical (unpaired) electrons. The molecular formula is C26H21N5O4. The van der Waals surface area contributed by atoms with E-state index in [4.69, 9.17) is 9.26 Å². The van der Waals surface area contributed by atoms with E-state index >= 15 is 0 Å². The number of methoxy groups -OCH3 is 1. The Morgan fingerprint density at radius 1 is 1.06 bits per heavy atom. The normalized spacial score (nSPS) is 10.9. The number of nitrogens with zero attached hydrogens (tertiary/aromatic N) is 4. The highest BCUT2D eigenvalue weighted by molar-refractivity contribution is 5.93. The molecule has 9 heteroatoms. The molecule has 5 rings (SSSR count). The van der Waals surface area contributed by atoms with Crippen molar-refractivity contribution in [2.75, 3.05) is 7.11 Å². The zero-order valence-electron chi connectivity index (χ0n) is 18.8. The fourth-order valence-corrected chi connectivity index (χ4v) is 3.81. The Hall–Kier alpha value is -4.79. The molecule has 0 aliphatic heterocycles. The molecule has 35 heavy (non-hydrogen) atoms. The zero-order chi connectivity index (χ0) is 24.2. The second-order valence-corrected chi connectivity index (χ2v) is 7.79. The van der Waals surface area contributed by atoms with Crippen LogP contribution in [0.3, 0.4) is 0 Å². The van der Waals surface area contributed by atoms with Crippen molar-refractivity contribution >= 4 is 16.8 Å². The second-order valence-electron chi connectivity index (χ2n) is 7.79. The summed E-state index contributed by atoms with van der Waals surface area (Å²) in [6.07, 6.45) is 3.28. The lowest BCUT2D eigenvalue weighted by molar-refractivity contribution is -0.121. The number of aromatic nitrogens is 4. The molecule has 0 saturated carbocycles. The summed E-state index contributed by atoms with van der Waals surface area (Å²) in [5, 5.41) is 7.62. The fraction of sp³-hybridized carbons (Fsp3) is 0.115. The van der Waals surface area contributed by atoms with Gasteiger partial charge in [0.2, 0.25) is 11.7 Å². The van der Waals surface area contributed by atoms with Crippen molar-refractivity contribution in [3.05, 3.63) is 95.0 Å². The van der Waals surface area contributed by atoms with Gasteiger partial charge in [-0.1, -0.05) is 35.5 Å². The number of carbonyl (C=O) groups is 1. The molecule has 1 N–H and O–H groups in total. The van der Waals surface area contributed by atoms with Gasteiger partial charge in [-0.25, -0.2) is 0 Å². The minimum Gasteiger partial charge on any atom is -0.497 e. The quantitative estimate of drug-likeness (QED) is 0.390. The molecule has 2 aromatic carbocycles. The summed E-state index contributed by atoms with van der Waals surface area (Å²) in [5.74, 6) is 1.04. The topological polar surface area (TPSA) is 112 Å². The van der Waals surface area contributed by atoms with E-state index in [1.807, 2.05) is 42.5 Å². The third-order valence-corrected chi connectivity index (χ3v) is 5.54. The number of carbonyl (C=O) groups excluding carboxylic acids is 1. The van der Waals surface area contributed by atoms with Gasteiger partial charge in [0.1, 0.15) is 12.3 Å². The average Bonchev–Trinajstić information content (AvgIpc) is 3.40. The lowest BCUT2D eigenvalue weighted by Crippen LogP contribution is -2.32. The predicted molar refractivity (Wildman–Crippen MR) is 130 cm³/mol. The van der Waals surface area contributed by atoms with Crippen molar-refractivity contribution in [1.82, 2.24) is 25.0 Å². The standard InChI is InChI=1S/C26H21N5O4/c1-34-19-6-4-5-17(13-19)15-28-23(32)16-31-22-8-3-2-7-20(22)21(14-24(31)33)26-29-25(30-35-26)18-9-11-27-12-10-18/h2-14H,15-16H2,1H3,(H,28,32). The monoisotopic (exact) mass is 467 g/mol. The average molecular weight is 467 g/mol. The van der Waals surface area contributed by atoms with Gasteiger partial charge < -0.3 is 14.6 Å². The minimum absolute atomic E-state index is 0.129. The molecule has 0 atom stereocenters. The number of fused-ring (bicyclic) bond motifs is 1. The molecule has 0 aliphatic carbocycles. The van der Waals surface area contributed by atoms with Gasteiger partial charge in [-0.05, 0) is 35.9 Å². The maximum Gasteiger partial charge on any atom is 0.259 e. The lowest BCUT2D eigenvalue weighted by Gasteiger charge is -2.12. The molecule has 3 heterocycles. The van der Waals surface area contributed by atoms with E-state index in [1.54, 1.807) is 37.7 Å². The van der Waals surface area contributed by atoms with E-state index in [1.165, 1.54) is 10.6 Å². The molecular weight excluding hydrogens is 446 g/mol. The summed E-state index contributed by atoms with van der Waals surface area (Å²) in [5.41, 5.74) is 2.40. The van der Waals surface area contributed by atoms with Gasteiger partial charge in [-0.2, -0.15) is 4.98 Å². The summed E-state index contributed by atoms with van der Waals surface area (Å²) < 4.78 is 12.1. The number of benzene rings is 2. The minimum atomic E-state index is -0.348. The summed E-state index contributed by atoms with van der Waals surface area (Å²) in [7, 11) is 1.59. The van der Waals surface area contributed by atoms with Crippen molar-refractivity contribution in [1.29, 1.82) is 0 Å². The molecule has 5 aromatic rings. The van der Waals surface area contributed by atoms with Crippen molar-refractivity contribution in [2.24, 2.45) is 0 Å². The highest BCUT2D eigenvalue weighted by Crippen LogP contribution is 2.27. The van der Waals surface area contributed by atoms with E-state index in [9.17, 15) is 9.59 Å². The molecule has 0 saturated heterocycles. The van der Waals surface area contributed by atoms with Crippen LogP contribution in [0.15, 0.2) is 88.4 Å². The predicted octanol–water partition coefficient (Wildman–Crippen LogP) is 3.44. The Morgan fingerprint density at radius 3 is 2.71 bits per heavy atom. The maximum absolute atomic E-state index is 13.1. The third kappa shape index (κ3) is 4.65. The lowest BCUT2D eigenvalue weighted by atomic mass is 10.1. The summed E-state index contributed by atoms with van der Waals surface area (Å²) in [4.78, 5) is 34.2. The van der Waals surface area contributed by atoms with Crippen LogP contribution in [0.4, 0.5) is 0 Å². The first-order chi connectivity index (χ1) is 17.1. The Morgan fingerprint density at radius 2 is 1.89 bits per heavy atom. The number of rotatable bonds is 7. The van der Waals surface area contributed by atoms with Gasteiger partial charge >= 0.3 is 0 Å². The van der Waals surface area contributed by atoms with Crippen molar-refractivity contribution in [2.45, 2.75) is 13.1 Å². The summed E-state index contributed by atoms with van der Waals surface area (Å²) >= 11 is 0. The van der Waals surface area contributed by atoms with E-state index in [-0.39, 0.29) is 23.9 Å². The highest BCUT2D eigenvalue weighted by Gasteiger charge is 2.17. The van der Waals surface area contributed by atoms with Crippen LogP contribution in [-0.2, 0) is 17.9 Å². The van der Waals surface area contributed by atoms with Crippen LogP contribution in [0.2, 0.25) is 0 Å². The Bertz CT molecular complexity index is 1560. The zero-order valence-corrected chi connectivity index (χ0v) is 18.8. The van der Waals surface area contributed by atoms with Crippen LogP contribution in [0.25, 0.3) is 33.7 Å². The number of nitrogens with one attached hydrogen (secondary N) is 1. The van der Waals surface area contributed by atoms with Gasteiger partial charge in [0, 0.05) is 36.0 Å². The van der Waals surface area contributed by atoms with Gasteiger partial charge in [0.05, 0.1) is 18.2 Å². The summed E-state index contributed by atoms with van der Waals surface area (Å²) in [6, 6.07) is 19.7. The van der Waals surface area contributed by atoms with Gasteiger partial charge in [0.15, 0.2) is 0 Å². The van der Waals surface area contributed by atoms with E-state index in [0.29, 0.717) is 29.2 Å². The maximum atomic E-state index is 13.1.